The first-order valence-corrected chi connectivity index (χ1v) is 6.74. The SMILES string of the molecule is CCC(=N)N(C)C1CCCC(C)(C)C1CC. The molecule has 1 aliphatic carbocycles. The van der Waals surface area contributed by atoms with Crippen LogP contribution in [0.25, 0.3) is 0 Å². The second-order valence-corrected chi connectivity index (χ2v) is 5.87. The summed E-state index contributed by atoms with van der Waals surface area (Å²) in [5.41, 5.74) is 0.444. The van der Waals surface area contributed by atoms with Crippen LogP contribution >= 0.6 is 0 Å². The first-order chi connectivity index (χ1) is 7.44. The van der Waals surface area contributed by atoms with Gasteiger partial charge in [-0.2, -0.15) is 0 Å². The lowest BCUT2D eigenvalue weighted by atomic mass is 9.65. The Morgan fingerprint density at radius 1 is 1.38 bits per heavy atom. The Labute approximate surface area is 101 Å². The molecule has 1 N–H and O–H groups in total. The lowest BCUT2D eigenvalue weighted by Crippen LogP contribution is -2.48. The molecule has 2 heteroatoms. The zero-order valence-electron chi connectivity index (χ0n) is 11.6. The van der Waals surface area contributed by atoms with Gasteiger partial charge in [-0.3, -0.25) is 5.41 Å². The predicted molar refractivity (Wildman–Crippen MR) is 71.0 cm³/mol. The van der Waals surface area contributed by atoms with Crippen molar-refractivity contribution in [3.63, 3.8) is 0 Å². The standard InChI is InChI=1S/C14H28N2/c1-6-11-12(16(5)13(15)7-2)9-8-10-14(11,3)4/h11-12,15H,6-10H2,1-5H3. The Kier molecular flexibility index (Phi) is 4.40. The maximum Gasteiger partial charge on any atom is 0.0954 e. The smallest absolute Gasteiger partial charge is 0.0954 e. The maximum absolute atomic E-state index is 8.00. The summed E-state index contributed by atoms with van der Waals surface area (Å²) in [6, 6.07) is 0.584. The molecular weight excluding hydrogens is 196 g/mol. The fourth-order valence-electron chi connectivity index (χ4n) is 3.41. The van der Waals surface area contributed by atoms with Crippen LogP contribution in [0.15, 0.2) is 0 Å². The van der Waals surface area contributed by atoms with Gasteiger partial charge in [-0.1, -0.05) is 40.5 Å². The highest BCUT2D eigenvalue weighted by atomic mass is 15.2. The highest BCUT2D eigenvalue weighted by Gasteiger charge is 2.39. The average molecular weight is 224 g/mol. The van der Waals surface area contributed by atoms with Crippen molar-refractivity contribution in [2.75, 3.05) is 7.05 Å². The Bertz CT molecular complexity index is 245. The summed E-state index contributed by atoms with van der Waals surface area (Å²) in [6.07, 6.45) is 6.01. The summed E-state index contributed by atoms with van der Waals surface area (Å²) in [6.45, 7) is 9.18. The van der Waals surface area contributed by atoms with Crippen molar-refractivity contribution in [1.82, 2.24) is 4.90 Å². The van der Waals surface area contributed by atoms with Crippen LogP contribution in [0.2, 0.25) is 0 Å². The zero-order chi connectivity index (χ0) is 12.3. The molecule has 0 aromatic heterocycles. The number of rotatable bonds is 3. The second-order valence-electron chi connectivity index (χ2n) is 5.87. The van der Waals surface area contributed by atoms with Crippen molar-refractivity contribution in [2.45, 2.75) is 65.8 Å². The predicted octanol–water partition coefficient (Wildman–Crippen LogP) is 3.91. The molecule has 1 rings (SSSR count). The minimum absolute atomic E-state index is 0.444. The second kappa shape index (κ2) is 5.20. The van der Waals surface area contributed by atoms with E-state index < -0.39 is 0 Å². The van der Waals surface area contributed by atoms with Gasteiger partial charge < -0.3 is 4.90 Å². The third-order valence-electron chi connectivity index (χ3n) is 4.49. The normalized spacial score (nSPS) is 28.8. The van der Waals surface area contributed by atoms with Gasteiger partial charge in [-0.05, 0) is 24.2 Å². The van der Waals surface area contributed by atoms with E-state index in [-0.39, 0.29) is 0 Å². The monoisotopic (exact) mass is 224 g/mol. The first-order valence-electron chi connectivity index (χ1n) is 6.74. The van der Waals surface area contributed by atoms with Gasteiger partial charge >= 0.3 is 0 Å². The van der Waals surface area contributed by atoms with Gasteiger partial charge in [0.1, 0.15) is 0 Å². The maximum atomic E-state index is 8.00. The first kappa shape index (κ1) is 13.5. The van der Waals surface area contributed by atoms with Crippen LogP contribution in [0.5, 0.6) is 0 Å². The van der Waals surface area contributed by atoms with Crippen molar-refractivity contribution in [1.29, 1.82) is 5.41 Å². The fourth-order valence-corrected chi connectivity index (χ4v) is 3.41. The van der Waals surface area contributed by atoms with Crippen LogP contribution in [0, 0.1) is 16.7 Å². The Balaban J connectivity index is 2.81. The topological polar surface area (TPSA) is 27.1 Å². The number of hydrogen-bond donors (Lipinski definition) is 1. The summed E-state index contributed by atoms with van der Waals surface area (Å²) in [7, 11) is 2.11. The van der Waals surface area contributed by atoms with Crippen LogP contribution in [-0.2, 0) is 0 Å². The van der Waals surface area contributed by atoms with Gasteiger partial charge in [0.2, 0.25) is 0 Å². The number of nitrogens with zero attached hydrogens (tertiary/aromatic N) is 1. The van der Waals surface area contributed by atoms with Gasteiger partial charge in [-0.15, -0.1) is 0 Å². The molecular formula is C14H28N2. The minimum Gasteiger partial charge on any atom is -0.360 e. The molecule has 0 bridgehead atoms. The van der Waals surface area contributed by atoms with Crippen LogP contribution < -0.4 is 0 Å². The minimum atomic E-state index is 0.444. The molecule has 2 nitrogen and oxygen atoms in total. The molecule has 1 aliphatic rings. The zero-order valence-corrected chi connectivity index (χ0v) is 11.6. The lowest BCUT2D eigenvalue weighted by molar-refractivity contribution is 0.0588. The number of nitrogens with one attached hydrogen (secondary N) is 1. The van der Waals surface area contributed by atoms with E-state index in [9.17, 15) is 0 Å². The summed E-state index contributed by atoms with van der Waals surface area (Å²) in [5, 5.41) is 8.00. The molecule has 0 aromatic carbocycles. The van der Waals surface area contributed by atoms with Crippen molar-refractivity contribution in [3.05, 3.63) is 0 Å². The van der Waals surface area contributed by atoms with E-state index in [1.54, 1.807) is 0 Å². The molecule has 0 aromatic rings. The van der Waals surface area contributed by atoms with Crippen molar-refractivity contribution < 1.29 is 0 Å². The molecule has 0 aliphatic heterocycles. The molecule has 0 saturated heterocycles. The van der Waals surface area contributed by atoms with Crippen molar-refractivity contribution >= 4 is 5.84 Å². The Morgan fingerprint density at radius 3 is 2.50 bits per heavy atom. The molecule has 2 unspecified atom stereocenters. The average Bonchev–Trinajstić information content (AvgIpc) is 2.25. The van der Waals surface area contributed by atoms with E-state index in [1.165, 1.54) is 25.7 Å². The Morgan fingerprint density at radius 2 is 2.00 bits per heavy atom. The molecule has 16 heavy (non-hydrogen) atoms. The molecule has 2 atom stereocenters. The lowest BCUT2D eigenvalue weighted by Gasteiger charge is -2.48. The van der Waals surface area contributed by atoms with E-state index >= 15 is 0 Å². The number of amidine groups is 1. The van der Waals surface area contributed by atoms with E-state index in [0.717, 1.165) is 18.2 Å². The van der Waals surface area contributed by atoms with Crippen molar-refractivity contribution in [3.8, 4) is 0 Å². The third kappa shape index (κ3) is 2.58. The van der Waals surface area contributed by atoms with Gasteiger partial charge in [0.25, 0.3) is 0 Å². The summed E-state index contributed by atoms with van der Waals surface area (Å²) in [5.74, 6) is 1.53. The van der Waals surface area contributed by atoms with Gasteiger partial charge in [0.05, 0.1) is 5.84 Å². The van der Waals surface area contributed by atoms with Gasteiger partial charge in [0, 0.05) is 19.5 Å². The molecule has 94 valence electrons. The van der Waals surface area contributed by atoms with Crippen LogP contribution in [0.4, 0.5) is 0 Å². The molecule has 0 spiro atoms. The van der Waals surface area contributed by atoms with Crippen LogP contribution in [-0.4, -0.2) is 23.8 Å². The van der Waals surface area contributed by atoms with E-state index in [2.05, 4.69) is 39.6 Å². The molecule has 0 radical (unpaired) electrons. The van der Waals surface area contributed by atoms with Gasteiger partial charge in [0.15, 0.2) is 0 Å². The molecule has 0 heterocycles. The van der Waals surface area contributed by atoms with Crippen LogP contribution in [0.3, 0.4) is 0 Å². The highest BCUT2D eigenvalue weighted by molar-refractivity contribution is 5.78. The third-order valence-corrected chi connectivity index (χ3v) is 4.49. The summed E-state index contributed by atoms with van der Waals surface area (Å²) >= 11 is 0. The van der Waals surface area contributed by atoms with Crippen molar-refractivity contribution in [2.24, 2.45) is 11.3 Å². The van der Waals surface area contributed by atoms with Crippen LogP contribution in [0.1, 0.15) is 59.8 Å². The highest BCUT2D eigenvalue weighted by Crippen LogP contribution is 2.44. The largest absolute Gasteiger partial charge is 0.360 e. The van der Waals surface area contributed by atoms with E-state index in [4.69, 9.17) is 5.41 Å². The van der Waals surface area contributed by atoms with E-state index in [1.807, 2.05) is 0 Å². The Hall–Kier alpha value is -0.530. The molecule has 1 fully saturated rings. The summed E-state index contributed by atoms with van der Waals surface area (Å²) < 4.78 is 0. The number of hydrogen-bond acceptors (Lipinski definition) is 1. The quantitative estimate of drug-likeness (QED) is 0.571. The molecule has 0 amide bonds. The fraction of sp³-hybridized carbons (Fsp3) is 0.929. The van der Waals surface area contributed by atoms with Gasteiger partial charge in [-0.25, -0.2) is 0 Å². The van der Waals surface area contributed by atoms with E-state index in [0.29, 0.717) is 11.5 Å². The summed E-state index contributed by atoms with van der Waals surface area (Å²) in [4.78, 5) is 2.23. The molecule has 1 saturated carbocycles.